The molecule has 1 fully saturated rings. The highest BCUT2D eigenvalue weighted by molar-refractivity contribution is 6.05. The lowest BCUT2D eigenvalue weighted by atomic mass is 9.72. The first-order chi connectivity index (χ1) is 17.9. The van der Waals surface area contributed by atoms with Crippen LogP contribution in [0.3, 0.4) is 0 Å². The Morgan fingerprint density at radius 2 is 1.89 bits per heavy atom. The number of hydrogen-bond donors (Lipinski definition) is 3. The number of benzene rings is 1. The number of carboxylic acids is 1. The molecule has 1 aromatic carbocycles. The van der Waals surface area contributed by atoms with Crippen molar-refractivity contribution in [1.29, 1.82) is 0 Å². The molecule has 1 aromatic rings. The second-order valence-corrected chi connectivity index (χ2v) is 10.5. The molecule has 202 valence electrons. The number of nitrogens with zero attached hydrogens (tertiary/aromatic N) is 4. The molecule has 3 unspecified atom stereocenters. The maximum absolute atomic E-state index is 13.5. The fraction of sp³-hybridized carbons (Fsp3) is 0.462. The summed E-state index contributed by atoms with van der Waals surface area (Å²) in [6, 6.07) is 6.57. The number of aromatic nitrogens is 4. The van der Waals surface area contributed by atoms with Gasteiger partial charge in [0.25, 0.3) is 5.91 Å². The third-order valence-corrected chi connectivity index (χ3v) is 6.65. The quantitative estimate of drug-likeness (QED) is 0.390. The molecule has 0 aromatic heterocycles. The van der Waals surface area contributed by atoms with Crippen LogP contribution in [0.25, 0.3) is 11.5 Å². The number of nitrogens with one attached hydrogen (secondary N) is 1. The number of hydrogen-bond acceptors (Lipinski definition) is 9. The van der Waals surface area contributed by atoms with Crippen molar-refractivity contribution < 1.29 is 29.0 Å². The van der Waals surface area contributed by atoms with Gasteiger partial charge in [0.1, 0.15) is 35.5 Å². The van der Waals surface area contributed by atoms with Crippen LogP contribution in [0.15, 0.2) is 36.9 Å². The van der Waals surface area contributed by atoms with Crippen LogP contribution in [-0.2, 0) is 20.0 Å². The molecular weight excluding hydrogens is 492 g/mol. The molecule has 0 radical (unpaired) electrons. The number of carboxylic acid groups (broad SMARTS) is 1. The van der Waals surface area contributed by atoms with Gasteiger partial charge in [-0.25, -0.2) is 15.0 Å². The minimum atomic E-state index is -1.39. The van der Waals surface area contributed by atoms with E-state index in [0.29, 0.717) is 29.3 Å². The standard InChI is InChI=1S/C26H32N6O6/c1-25(2,3)38-24(36)18-11-15(12-19(33)34)9-10-26(18,27)32-14-30-21-20(28-13-29-21)22(32)31-23(35)16-5-7-17(37-4)8-6-16/h5-8,13-15,18H,9-12,27H2,1-4H3,(H,31,35)(H,33,34). The number of ether oxygens (including phenoxy) is 2. The normalized spacial score (nSPS) is 21.6. The number of fused-ring (bicyclic) bond motifs is 1. The molecule has 4 N–H and O–H groups in total. The molecule has 38 heavy (non-hydrogen) atoms. The fourth-order valence-corrected chi connectivity index (χ4v) is 4.82. The molecule has 1 aliphatic carbocycles. The van der Waals surface area contributed by atoms with E-state index in [9.17, 15) is 19.5 Å². The molecule has 3 aliphatic rings. The minimum Gasteiger partial charge on any atom is -0.497 e. The van der Waals surface area contributed by atoms with Crippen LogP contribution >= 0.6 is 0 Å². The van der Waals surface area contributed by atoms with Crippen LogP contribution in [0.4, 0.5) is 5.82 Å². The summed E-state index contributed by atoms with van der Waals surface area (Å²) in [6.07, 6.45) is 3.55. The van der Waals surface area contributed by atoms with Gasteiger partial charge in [0.2, 0.25) is 0 Å². The van der Waals surface area contributed by atoms with E-state index in [-0.39, 0.29) is 31.0 Å². The molecule has 12 nitrogen and oxygen atoms in total. The molecule has 1 saturated carbocycles. The minimum absolute atomic E-state index is 0.0906. The van der Waals surface area contributed by atoms with Crippen molar-refractivity contribution in [2.45, 2.75) is 57.7 Å². The molecule has 2 aliphatic heterocycles. The molecule has 2 heterocycles. The van der Waals surface area contributed by atoms with Crippen molar-refractivity contribution in [3.05, 3.63) is 42.5 Å². The van der Waals surface area contributed by atoms with Crippen LogP contribution in [-0.4, -0.2) is 55.2 Å². The monoisotopic (exact) mass is 524 g/mol. The largest absolute Gasteiger partial charge is 0.497 e. The van der Waals surface area contributed by atoms with E-state index in [0.717, 1.165) is 0 Å². The van der Waals surface area contributed by atoms with Gasteiger partial charge in [0.15, 0.2) is 11.5 Å². The third-order valence-electron chi connectivity index (χ3n) is 6.65. The lowest BCUT2D eigenvalue weighted by Crippen LogP contribution is -2.57. The Morgan fingerprint density at radius 3 is 2.53 bits per heavy atom. The number of carbonyl (C=O) groups is 3. The summed E-state index contributed by atoms with van der Waals surface area (Å²) in [4.78, 5) is 50.9. The molecule has 12 heteroatoms. The summed E-state index contributed by atoms with van der Waals surface area (Å²) in [5.41, 5.74) is 5.50. The Balaban J connectivity index is 1.77. The van der Waals surface area contributed by atoms with Gasteiger partial charge in [0, 0.05) is 12.0 Å². The Morgan fingerprint density at radius 1 is 1.18 bits per heavy atom. The first-order valence-electron chi connectivity index (χ1n) is 12.3. The Labute approximate surface area is 219 Å². The third kappa shape index (κ3) is 5.59. The van der Waals surface area contributed by atoms with Gasteiger partial charge in [-0.2, -0.15) is 0 Å². The SMILES string of the molecule is COc1ccc(C(=O)Nc2c3ncnc-3ncn2C2(N)CCC(CC(=O)O)CC2C(=O)OC(C)(C)C)cc1. The topological polar surface area (TPSA) is 172 Å². The van der Waals surface area contributed by atoms with Gasteiger partial charge in [-0.15, -0.1) is 0 Å². The first kappa shape index (κ1) is 27.0. The Kier molecular flexibility index (Phi) is 7.36. The van der Waals surface area contributed by atoms with Crippen LogP contribution in [0.2, 0.25) is 0 Å². The number of aliphatic carboxylic acids is 1. The van der Waals surface area contributed by atoms with Crippen molar-refractivity contribution in [2.75, 3.05) is 12.4 Å². The number of carbonyl (C=O) groups excluding carboxylic acids is 2. The van der Waals surface area contributed by atoms with E-state index in [1.165, 1.54) is 24.3 Å². The number of imidazole rings is 1. The van der Waals surface area contributed by atoms with Crippen molar-refractivity contribution in [3.8, 4) is 17.3 Å². The summed E-state index contributed by atoms with van der Waals surface area (Å²) in [5.74, 6) is -2.00. The van der Waals surface area contributed by atoms with Crippen LogP contribution in [0.5, 0.6) is 5.75 Å². The highest BCUT2D eigenvalue weighted by Gasteiger charge is 2.49. The summed E-state index contributed by atoms with van der Waals surface area (Å²) in [7, 11) is 1.53. The van der Waals surface area contributed by atoms with Gasteiger partial charge < -0.3 is 25.6 Å². The zero-order valence-corrected chi connectivity index (χ0v) is 21.8. The molecule has 0 saturated heterocycles. The molecule has 1 amide bonds. The highest BCUT2D eigenvalue weighted by Crippen LogP contribution is 2.44. The second kappa shape index (κ2) is 10.4. The molecule has 0 spiro atoms. The molecular formula is C26H32N6O6. The number of nitrogens with two attached hydrogens (primary N) is 1. The van der Waals surface area contributed by atoms with E-state index in [1.54, 1.807) is 45.0 Å². The molecule has 3 atom stereocenters. The first-order valence-corrected chi connectivity index (χ1v) is 12.3. The fourth-order valence-electron chi connectivity index (χ4n) is 4.82. The molecule has 0 bridgehead atoms. The number of anilines is 1. The second-order valence-electron chi connectivity index (χ2n) is 10.5. The molecule has 4 rings (SSSR count). The summed E-state index contributed by atoms with van der Waals surface area (Å²) in [6.45, 7) is 5.25. The van der Waals surface area contributed by atoms with E-state index in [4.69, 9.17) is 15.2 Å². The number of amides is 1. The van der Waals surface area contributed by atoms with E-state index < -0.39 is 35.0 Å². The number of methoxy groups -OCH3 is 1. The zero-order chi connectivity index (χ0) is 27.7. The maximum atomic E-state index is 13.5. The zero-order valence-electron chi connectivity index (χ0n) is 21.8. The van der Waals surface area contributed by atoms with Crippen LogP contribution < -0.4 is 15.8 Å². The van der Waals surface area contributed by atoms with Crippen LogP contribution in [0, 0.1) is 11.8 Å². The van der Waals surface area contributed by atoms with Crippen molar-refractivity contribution in [2.24, 2.45) is 17.6 Å². The van der Waals surface area contributed by atoms with Crippen LogP contribution in [0.1, 0.15) is 56.8 Å². The van der Waals surface area contributed by atoms with Gasteiger partial charge in [-0.3, -0.25) is 19.0 Å². The predicted octanol–water partition coefficient (Wildman–Crippen LogP) is 2.88. The van der Waals surface area contributed by atoms with Gasteiger partial charge in [-0.1, -0.05) is 0 Å². The number of esters is 1. The lowest BCUT2D eigenvalue weighted by molar-refractivity contribution is -0.168. The van der Waals surface area contributed by atoms with E-state index in [1.807, 2.05) is 0 Å². The Bertz CT molecular complexity index is 1300. The highest BCUT2D eigenvalue weighted by atomic mass is 16.6. The van der Waals surface area contributed by atoms with Crippen molar-refractivity contribution in [3.63, 3.8) is 0 Å². The van der Waals surface area contributed by atoms with Crippen molar-refractivity contribution >= 4 is 23.7 Å². The average molecular weight is 525 g/mol. The smallest absolute Gasteiger partial charge is 0.313 e. The van der Waals surface area contributed by atoms with Gasteiger partial charge in [0.05, 0.1) is 13.0 Å². The Hall–Kier alpha value is -4.06. The summed E-state index contributed by atoms with van der Waals surface area (Å²) in [5, 5.41) is 12.3. The lowest BCUT2D eigenvalue weighted by Gasteiger charge is -2.45. The van der Waals surface area contributed by atoms with E-state index in [2.05, 4.69) is 20.3 Å². The maximum Gasteiger partial charge on any atom is 0.313 e. The predicted molar refractivity (Wildman–Crippen MR) is 136 cm³/mol. The van der Waals surface area contributed by atoms with Gasteiger partial charge >= 0.3 is 11.9 Å². The average Bonchev–Trinajstić information content (AvgIpc) is 3.33. The summed E-state index contributed by atoms with van der Waals surface area (Å²) < 4.78 is 12.4. The summed E-state index contributed by atoms with van der Waals surface area (Å²) >= 11 is 0. The van der Waals surface area contributed by atoms with Crippen molar-refractivity contribution in [1.82, 2.24) is 19.5 Å². The van der Waals surface area contributed by atoms with E-state index >= 15 is 0 Å². The van der Waals surface area contributed by atoms with Gasteiger partial charge in [-0.05, 0) is 70.2 Å². The number of rotatable bonds is 7.